The normalized spacial score (nSPS) is 19.0. The summed E-state index contributed by atoms with van der Waals surface area (Å²) in [6, 6.07) is 5.96. The van der Waals surface area contributed by atoms with E-state index in [1.807, 2.05) is 27.7 Å². The van der Waals surface area contributed by atoms with Crippen LogP contribution in [-0.4, -0.2) is 33.3 Å². The van der Waals surface area contributed by atoms with Gasteiger partial charge in [-0.3, -0.25) is 4.18 Å². The average Bonchev–Trinajstić information content (AvgIpc) is 2.74. The summed E-state index contributed by atoms with van der Waals surface area (Å²) in [5.74, 6) is 0. The van der Waals surface area contributed by atoms with Crippen molar-refractivity contribution in [1.82, 2.24) is 0 Å². The molecule has 0 amide bonds. The van der Waals surface area contributed by atoms with Crippen molar-refractivity contribution in [2.75, 3.05) is 6.61 Å². The summed E-state index contributed by atoms with van der Waals surface area (Å²) in [5.41, 5.74) is -0.580. The van der Waals surface area contributed by atoms with Crippen molar-refractivity contribution >= 4 is 28.8 Å². The summed E-state index contributed by atoms with van der Waals surface area (Å²) in [6.07, 6.45) is 4.39. The van der Waals surface area contributed by atoms with Crippen molar-refractivity contribution in [2.24, 2.45) is 0 Å². The van der Waals surface area contributed by atoms with Gasteiger partial charge >= 0.3 is 7.12 Å². The molecule has 0 spiro atoms. The highest BCUT2D eigenvalue weighted by molar-refractivity contribution is 7.86. The number of rotatable bonds is 9. The van der Waals surface area contributed by atoms with Gasteiger partial charge in [0.05, 0.1) is 22.7 Å². The van der Waals surface area contributed by atoms with Crippen LogP contribution < -0.4 is 0 Å². The minimum absolute atomic E-state index is 0.127. The van der Waals surface area contributed by atoms with E-state index in [9.17, 15) is 8.42 Å². The Morgan fingerprint density at radius 3 is 2.08 bits per heavy atom. The highest BCUT2D eigenvalue weighted by Crippen LogP contribution is 2.38. The third kappa shape index (κ3) is 5.70. The Morgan fingerprint density at radius 1 is 0.962 bits per heavy atom. The molecule has 0 unspecified atom stereocenters. The maximum Gasteiger partial charge on any atom is 0.457 e. The number of hydrogen-bond donors (Lipinski definition) is 0. The maximum atomic E-state index is 12.0. The summed E-state index contributed by atoms with van der Waals surface area (Å²) >= 11 is 5.76. The monoisotopic (exact) mass is 402 g/mol. The van der Waals surface area contributed by atoms with E-state index in [1.165, 1.54) is 24.3 Å². The molecule has 1 fully saturated rings. The van der Waals surface area contributed by atoms with Crippen molar-refractivity contribution < 1.29 is 21.9 Å². The molecule has 0 atom stereocenters. The van der Waals surface area contributed by atoms with Gasteiger partial charge in [0.2, 0.25) is 0 Å². The Morgan fingerprint density at radius 2 is 1.50 bits per heavy atom. The standard InChI is InChI=1S/C18H28BClO5S/c1-17(2)18(3,4)25-19(24-17)13-7-5-6-8-14-23-26(21,22)16-11-9-15(20)10-12-16/h9-12H,5-8,13-14H2,1-4H3. The van der Waals surface area contributed by atoms with E-state index in [4.69, 9.17) is 25.1 Å². The molecule has 0 aromatic heterocycles. The molecule has 5 nitrogen and oxygen atoms in total. The molecule has 1 heterocycles. The molecule has 146 valence electrons. The van der Waals surface area contributed by atoms with E-state index in [1.54, 1.807) is 0 Å². The topological polar surface area (TPSA) is 61.8 Å². The number of hydrogen-bond acceptors (Lipinski definition) is 5. The summed E-state index contributed by atoms with van der Waals surface area (Å²) in [4.78, 5) is 0.127. The van der Waals surface area contributed by atoms with E-state index in [0.717, 1.165) is 25.6 Å². The molecule has 0 saturated carbocycles. The Labute approximate surface area is 162 Å². The number of unbranched alkanes of at least 4 members (excludes halogenated alkanes) is 3. The van der Waals surface area contributed by atoms with Gasteiger partial charge in [-0.25, -0.2) is 0 Å². The van der Waals surface area contributed by atoms with Crippen LogP contribution in [0.15, 0.2) is 29.2 Å². The van der Waals surface area contributed by atoms with Crippen LogP contribution in [0.3, 0.4) is 0 Å². The molecule has 1 aromatic rings. The number of halogens is 1. The fraction of sp³-hybridized carbons (Fsp3) is 0.667. The summed E-state index contributed by atoms with van der Waals surface area (Å²) in [7, 11) is -3.87. The molecule has 1 saturated heterocycles. The molecule has 0 aliphatic carbocycles. The molecular formula is C18H28BClO5S. The lowest BCUT2D eigenvalue weighted by Crippen LogP contribution is -2.41. The van der Waals surface area contributed by atoms with Gasteiger partial charge in [-0.1, -0.05) is 30.9 Å². The third-order valence-electron chi connectivity index (χ3n) is 4.98. The zero-order chi connectivity index (χ0) is 19.4. The van der Waals surface area contributed by atoms with Crippen molar-refractivity contribution in [1.29, 1.82) is 0 Å². The van der Waals surface area contributed by atoms with Crippen LogP contribution in [0.1, 0.15) is 53.4 Å². The summed E-state index contributed by atoms with van der Waals surface area (Å²) in [6.45, 7) is 8.37. The average molecular weight is 403 g/mol. The predicted octanol–water partition coefficient (Wildman–Crippen LogP) is 4.70. The minimum Gasteiger partial charge on any atom is -0.403 e. The van der Waals surface area contributed by atoms with Crippen molar-refractivity contribution in [3.05, 3.63) is 29.3 Å². The second kappa shape index (κ2) is 8.61. The van der Waals surface area contributed by atoms with Gasteiger partial charge < -0.3 is 9.31 Å². The first-order valence-corrected chi connectivity index (χ1v) is 10.8. The molecule has 0 bridgehead atoms. The lowest BCUT2D eigenvalue weighted by atomic mass is 9.82. The Hall–Kier alpha value is -0.595. The zero-order valence-electron chi connectivity index (χ0n) is 16.0. The van der Waals surface area contributed by atoms with Gasteiger partial charge in [0.25, 0.3) is 10.1 Å². The Balaban J connectivity index is 1.61. The molecule has 26 heavy (non-hydrogen) atoms. The molecule has 0 radical (unpaired) electrons. The van der Waals surface area contributed by atoms with Gasteiger partial charge in [0.1, 0.15) is 0 Å². The molecule has 8 heteroatoms. The van der Waals surface area contributed by atoms with E-state index < -0.39 is 10.1 Å². The molecule has 1 aliphatic heterocycles. The van der Waals surface area contributed by atoms with E-state index in [0.29, 0.717) is 11.4 Å². The molecular weight excluding hydrogens is 375 g/mol. The lowest BCUT2D eigenvalue weighted by molar-refractivity contribution is 0.00578. The largest absolute Gasteiger partial charge is 0.457 e. The summed E-state index contributed by atoms with van der Waals surface area (Å²) < 4.78 is 41.0. The minimum atomic E-state index is -3.71. The summed E-state index contributed by atoms with van der Waals surface area (Å²) in [5, 5.41) is 0.492. The van der Waals surface area contributed by atoms with Gasteiger partial charge in [-0.15, -0.1) is 0 Å². The smallest absolute Gasteiger partial charge is 0.403 e. The first-order chi connectivity index (χ1) is 12.0. The van der Waals surface area contributed by atoms with Crippen LogP contribution >= 0.6 is 11.6 Å². The zero-order valence-corrected chi connectivity index (χ0v) is 17.5. The van der Waals surface area contributed by atoms with Crippen molar-refractivity contribution in [2.45, 2.75) is 75.8 Å². The van der Waals surface area contributed by atoms with E-state index in [2.05, 4.69) is 0 Å². The molecule has 1 aliphatic rings. The quantitative estimate of drug-likeness (QED) is 0.340. The lowest BCUT2D eigenvalue weighted by Gasteiger charge is -2.32. The Bertz CT molecular complexity index is 672. The molecule has 0 N–H and O–H groups in total. The van der Waals surface area contributed by atoms with Crippen LogP contribution in [0.2, 0.25) is 11.3 Å². The van der Waals surface area contributed by atoms with Gasteiger partial charge in [0.15, 0.2) is 0 Å². The van der Waals surface area contributed by atoms with Crippen LogP contribution in [-0.2, 0) is 23.6 Å². The van der Waals surface area contributed by atoms with Crippen molar-refractivity contribution in [3.63, 3.8) is 0 Å². The van der Waals surface area contributed by atoms with E-state index >= 15 is 0 Å². The SMILES string of the molecule is CC1(C)OB(CCCCCCOS(=O)(=O)c2ccc(Cl)cc2)OC1(C)C. The molecule has 2 rings (SSSR count). The van der Waals surface area contributed by atoms with Crippen LogP contribution in [0.5, 0.6) is 0 Å². The van der Waals surface area contributed by atoms with Gasteiger partial charge in [-0.2, -0.15) is 8.42 Å². The van der Waals surface area contributed by atoms with Crippen LogP contribution in [0.25, 0.3) is 0 Å². The predicted molar refractivity (Wildman–Crippen MR) is 104 cm³/mol. The second-order valence-electron chi connectivity index (χ2n) is 7.62. The van der Waals surface area contributed by atoms with Crippen molar-refractivity contribution in [3.8, 4) is 0 Å². The van der Waals surface area contributed by atoms with Crippen LogP contribution in [0.4, 0.5) is 0 Å². The fourth-order valence-electron chi connectivity index (χ4n) is 2.69. The van der Waals surface area contributed by atoms with Crippen LogP contribution in [0, 0.1) is 0 Å². The first kappa shape index (κ1) is 21.7. The van der Waals surface area contributed by atoms with E-state index in [-0.39, 0.29) is 29.8 Å². The fourth-order valence-corrected chi connectivity index (χ4v) is 3.76. The highest BCUT2D eigenvalue weighted by atomic mass is 35.5. The van der Waals surface area contributed by atoms with Gasteiger partial charge in [0, 0.05) is 5.02 Å². The maximum absolute atomic E-state index is 12.0. The second-order valence-corrected chi connectivity index (χ2v) is 9.67. The molecule has 1 aromatic carbocycles. The Kier molecular flexibility index (Phi) is 7.19. The highest BCUT2D eigenvalue weighted by Gasteiger charge is 2.50. The van der Waals surface area contributed by atoms with Gasteiger partial charge in [-0.05, 0) is 64.7 Å². The first-order valence-electron chi connectivity index (χ1n) is 9.04. The number of benzene rings is 1. The third-order valence-corrected chi connectivity index (χ3v) is 6.56.